The number of amides is 1. The Morgan fingerprint density at radius 3 is 2.68 bits per heavy atom. The Kier molecular flexibility index (Phi) is 5.32. The van der Waals surface area contributed by atoms with Gasteiger partial charge in [0.15, 0.2) is 0 Å². The molecule has 1 aromatic rings. The summed E-state index contributed by atoms with van der Waals surface area (Å²) in [5.74, 6) is -1.07. The molecule has 104 valence electrons. The van der Waals surface area contributed by atoms with Gasteiger partial charge in [-0.15, -0.1) is 0 Å². The second-order valence-corrected chi connectivity index (χ2v) is 4.10. The molecule has 1 aromatic carbocycles. The maximum atomic E-state index is 11.8. The monoisotopic (exact) mass is 266 g/mol. The Morgan fingerprint density at radius 1 is 1.47 bits per heavy atom. The van der Waals surface area contributed by atoms with Crippen LogP contribution < -0.4 is 15.8 Å². The Bertz CT molecular complexity index is 474. The van der Waals surface area contributed by atoms with Crippen molar-refractivity contribution in [3.8, 4) is 5.75 Å². The Balaban J connectivity index is 2.97. The maximum Gasteiger partial charge on any atom is 0.337 e. The third-order valence-corrected chi connectivity index (χ3v) is 2.65. The van der Waals surface area contributed by atoms with Crippen molar-refractivity contribution < 1.29 is 19.4 Å². The minimum absolute atomic E-state index is 0.00199. The van der Waals surface area contributed by atoms with Crippen molar-refractivity contribution in [1.29, 1.82) is 0 Å². The van der Waals surface area contributed by atoms with Gasteiger partial charge >= 0.3 is 5.97 Å². The first-order valence-corrected chi connectivity index (χ1v) is 5.97. The van der Waals surface area contributed by atoms with Crippen LogP contribution in [0.15, 0.2) is 18.2 Å². The summed E-state index contributed by atoms with van der Waals surface area (Å²) in [7, 11) is 1.46. The van der Waals surface area contributed by atoms with E-state index in [1.807, 2.05) is 6.92 Å². The van der Waals surface area contributed by atoms with Crippen LogP contribution >= 0.6 is 0 Å². The van der Waals surface area contributed by atoms with Gasteiger partial charge in [0, 0.05) is 6.07 Å². The zero-order chi connectivity index (χ0) is 14.4. The summed E-state index contributed by atoms with van der Waals surface area (Å²) in [5.41, 5.74) is 5.86. The molecule has 6 nitrogen and oxygen atoms in total. The maximum absolute atomic E-state index is 11.8. The van der Waals surface area contributed by atoms with Crippen LogP contribution in [-0.4, -0.2) is 30.1 Å². The molecule has 0 spiro atoms. The first-order valence-electron chi connectivity index (χ1n) is 5.97. The van der Waals surface area contributed by atoms with Gasteiger partial charge in [-0.2, -0.15) is 0 Å². The second kappa shape index (κ2) is 6.75. The number of nitrogens with two attached hydrogens (primary N) is 1. The van der Waals surface area contributed by atoms with Crippen molar-refractivity contribution in [3.63, 3.8) is 0 Å². The molecule has 0 aliphatic heterocycles. The van der Waals surface area contributed by atoms with Crippen molar-refractivity contribution in [3.05, 3.63) is 23.8 Å². The fourth-order valence-electron chi connectivity index (χ4n) is 1.61. The number of carbonyl (C=O) groups excluding carboxylic acids is 1. The largest absolute Gasteiger partial charge is 0.497 e. The van der Waals surface area contributed by atoms with Gasteiger partial charge in [-0.1, -0.05) is 13.3 Å². The summed E-state index contributed by atoms with van der Waals surface area (Å²) in [5, 5.41) is 11.6. The van der Waals surface area contributed by atoms with E-state index in [0.29, 0.717) is 12.2 Å². The molecule has 0 saturated carbocycles. The molecule has 19 heavy (non-hydrogen) atoms. The molecule has 0 aromatic heterocycles. The zero-order valence-corrected chi connectivity index (χ0v) is 11.0. The van der Waals surface area contributed by atoms with E-state index in [4.69, 9.17) is 15.6 Å². The molecule has 0 aliphatic carbocycles. The third kappa shape index (κ3) is 3.96. The van der Waals surface area contributed by atoms with Crippen molar-refractivity contribution in [2.75, 3.05) is 12.4 Å². The molecule has 6 heteroatoms. The number of carboxylic acids is 1. The number of hydrogen-bond acceptors (Lipinski definition) is 4. The second-order valence-electron chi connectivity index (χ2n) is 4.10. The van der Waals surface area contributed by atoms with E-state index in [9.17, 15) is 9.59 Å². The molecule has 1 amide bonds. The van der Waals surface area contributed by atoms with E-state index in [1.165, 1.54) is 25.3 Å². The minimum Gasteiger partial charge on any atom is -0.497 e. The average molecular weight is 266 g/mol. The van der Waals surface area contributed by atoms with E-state index in [-0.39, 0.29) is 11.3 Å². The smallest absolute Gasteiger partial charge is 0.337 e. The van der Waals surface area contributed by atoms with Crippen LogP contribution in [0.3, 0.4) is 0 Å². The van der Waals surface area contributed by atoms with Crippen molar-refractivity contribution in [2.24, 2.45) is 5.73 Å². The van der Waals surface area contributed by atoms with E-state index < -0.39 is 17.9 Å². The Hall–Kier alpha value is -2.08. The quantitative estimate of drug-likeness (QED) is 0.723. The van der Waals surface area contributed by atoms with Crippen LogP contribution in [0.25, 0.3) is 0 Å². The molecule has 0 aliphatic rings. The molecule has 0 fully saturated rings. The fraction of sp³-hybridized carbons (Fsp3) is 0.385. The van der Waals surface area contributed by atoms with Crippen LogP contribution in [0.5, 0.6) is 5.75 Å². The van der Waals surface area contributed by atoms with E-state index in [1.54, 1.807) is 0 Å². The van der Waals surface area contributed by atoms with E-state index in [0.717, 1.165) is 6.42 Å². The number of benzene rings is 1. The van der Waals surface area contributed by atoms with Gasteiger partial charge in [0.05, 0.1) is 24.4 Å². The predicted octanol–water partition coefficient (Wildman–Crippen LogP) is 1.46. The Morgan fingerprint density at radius 2 is 2.16 bits per heavy atom. The lowest BCUT2D eigenvalue weighted by Gasteiger charge is -2.13. The number of methoxy groups -OCH3 is 1. The van der Waals surface area contributed by atoms with Gasteiger partial charge in [-0.05, 0) is 18.6 Å². The topological polar surface area (TPSA) is 102 Å². The minimum atomic E-state index is -1.12. The van der Waals surface area contributed by atoms with Crippen LogP contribution in [-0.2, 0) is 4.79 Å². The van der Waals surface area contributed by atoms with E-state index >= 15 is 0 Å². The standard InChI is InChI=1S/C13H18N2O4/c1-3-4-10(14)12(16)15-11-7-8(19-2)5-6-9(11)13(17)18/h5-7,10H,3-4,14H2,1-2H3,(H,15,16)(H,17,18)/t10-/m0/s1. The molecular weight excluding hydrogens is 248 g/mol. The molecule has 4 N–H and O–H groups in total. The molecular formula is C13H18N2O4. The molecule has 0 unspecified atom stereocenters. The molecule has 0 bridgehead atoms. The van der Waals surface area contributed by atoms with Crippen molar-refractivity contribution >= 4 is 17.6 Å². The predicted molar refractivity (Wildman–Crippen MR) is 71.5 cm³/mol. The van der Waals surface area contributed by atoms with Gasteiger partial charge in [0.25, 0.3) is 0 Å². The number of ether oxygens (including phenoxy) is 1. The van der Waals surface area contributed by atoms with Crippen LogP contribution in [0, 0.1) is 0 Å². The Labute approximate surface area is 111 Å². The van der Waals surface area contributed by atoms with Crippen LogP contribution in [0.4, 0.5) is 5.69 Å². The summed E-state index contributed by atoms with van der Waals surface area (Å²) in [6, 6.07) is 3.70. The van der Waals surface area contributed by atoms with Crippen molar-refractivity contribution in [1.82, 2.24) is 0 Å². The molecule has 1 atom stereocenters. The number of carbonyl (C=O) groups is 2. The first kappa shape index (κ1) is 15.0. The lowest BCUT2D eigenvalue weighted by molar-refractivity contribution is -0.117. The number of nitrogens with one attached hydrogen (secondary N) is 1. The normalized spacial score (nSPS) is 11.7. The highest BCUT2D eigenvalue weighted by atomic mass is 16.5. The summed E-state index contributed by atoms with van der Waals surface area (Å²) >= 11 is 0. The van der Waals surface area contributed by atoms with Gasteiger partial charge in [-0.3, -0.25) is 4.79 Å². The number of rotatable bonds is 6. The van der Waals surface area contributed by atoms with Crippen LogP contribution in [0.1, 0.15) is 30.1 Å². The number of aromatic carboxylic acids is 1. The number of anilines is 1. The molecule has 0 radical (unpaired) electrons. The first-order chi connectivity index (χ1) is 8.99. The highest BCUT2D eigenvalue weighted by Crippen LogP contribution is 2.22. The summed E-state index contributed by atoms with van der Waals surface area (Å²) in [6.45, 7) is 1.92. The SMILES string of the molecule is CCC[C@H](N)C(=O)Nc1cc(OC)ccc1C(=O)O. The van der Waals surface area contributed by atoms with E-state index in [2.05, 4.69) is 5.32 Å². The fourth-order valence-corrected chi connectivity index (χ4v) is 1.61. The molecule has 1 rings (SSSR count). The molecule has 0 saturated heterocycles. The third-order valence-electron chi connectivity index (χ3n) is 2.65. The lowest BCUT2D eigenvalue weighted by atomic mass is 10.1. The highest BCUT2D eigenvalue weighted by molar-refractivity contribution is 6.02. The summed E-state index contributed by atoms with van der Waals surface area (Å²) < 4.78 is 5.00. The lowest BCUT2D eigenvalue weighted by Crippen LogP contribution is -2.35. The molecule has 0 heterocycles. The average Bonchev–Trinajstić information content (AvgIpc) is 2.38. The highest BCUT2D eigenvalue weighted by Gasteiger charge is 2.17. The van der Waals surface area contributed by atoms with Crippen LogP contribution in [0.2, 0.25) is 0 Å². The number of carboxylic acid groups (broad SMARTS) is 1. The van der Waals surface area contributed by atoms with Gasteiger partial charge < -0.3 is 20.9 Å². The van der Waals surface area contributed by atoms with Gasteiger partial charge in [-0.25, -0.2) is 4.79 Å². The van der Waals surface area contributed by atoms with Crippen molar-refractivity contribution in [2.45, 2.75) is 25.8 Å². The summed E-state index contributed by atoms with van der Waals surface area (Å²) in [4.78, 5) is 22.9. The number of hydrogen-bond donors (Lipinski definition) is 3. The van der Waals surface area contributed by atoms with Gasteiger partial charge in [0.2, 0.25) is 5.91 Å². The summed E-state index contributed by atoms with van der Waals surface area (Å²) in [6.07, 6.45) is 1.32. The zero-order valence-electron chi connectivity index (χ0n) is 11.0. The van der Waals surface area contributed by atoms with Gasteiger partial charge in [0.1, 0.15) is 5.75 Å².